The second-order valence-corrected chi connectivity index (χ2v) is 5.78. The van der Waals surface area contributed by atoms with Crippen molar-refractivity contribution >= 4 is 20.8 Å². The summed E-state index contributed by atoms with van der Waals surface area (Å²) in [6, 6.07) is 10.8. The van der Waals surface area contributed by atoms with Crippen LogP contribution in [0.1, 0.15) is 5.56 Å². The molecule has 0 atom stereocenters. The van der Waals surface area contributed by atoms with Crippen LogP contribution in [0, 0.1) is 6.92 Å². The van der Waals surface area contributed by atoms with Crippen LogP contribution in [0.15, 0.2) is 41.3 Å². The molecule has 2 aromatic carbocycles. The normalized spacial score (nSPS) is 11.9. The lowest BCUT2D eigenvalue weighted by Crippen LogP contribution is -2.26. The molecule has 2 N–H and O–H groups in total. The van der Waals surface area contributed by atoms with Gasteiger partial charge in [-0.05, 0) is 23.9 Å². The highest BCUT2D eigenvalue weighted by atomic mass is 32.2. The maximum atomic E-state index is 12.1. The Morgan fingerprint density at radius 3 is 2.44 bits per heavy atom. The van der Waals surface area contributed by atoms with Crippen LogP contribution in [-0.2, 0) is 10.0 Å². The maximum Gasteiger partial charge on any atom is 0.241 e. The van der Waals surface area contributed by atoms with Gasteiger partial charge in [-0.3, -0.25) is 0 Å². The molecule has 0 radical (unpaired) electrons. The first-order valence-electron chi connectivity index (χ1n) is 5.65. The first kappa shape index (κ1) is 13.0. The van der Waals surface area contributed by atoms with Crippen LogP contribution in [0.4, 0.5) is 0 Å². The lowest BCUT2D eigenvalue weighted by Gasteiger charge is -2.10. The van der Waals surface area contributed by atoms with Crippen LogP contribution >= 0.6 is 0 Å². The van der Waals surface area contributed by atoms with E-state index in [0.29, 0.717) is 5.39 Å². The Labute approximate surface area is 106 Å². The molecule has 0 saturated heterocycles. The molecule has 0 bridgehead atoms. The average molecular weight is 265 g/mol. The topological polar surface area (TPSA) is 66.4 Å². The van der Waals surface area contributed by atoms with Gasteiger partial charge in [0.1, 0.15) is 0 Å². The first-order chi connectivity index (χ1) is 8.56. The number of aliphatic hydroxyl groups is 1. The smallest absolute Gasteiger partial charge is 0.241 e. The van der Waals surface area contributed by atoms with Gasteiger partial charge in [-0.2, -0.15) is 0 Å². The van der Waals surface area contributed by atoms with E-state index in [2.05, 4.69) is 4.72 Å². The van der Waals surface area contributed by atoms with Crippen molar-refractivity contribution < 1.29 is 13.5 Å². The molecule has 0 saturated carbocycles. The Kier molecular flexibility index (Phi) is 3.65. The Bertz CT molecular complexity index is 665. The van der Waals surface area contributed by atoms with E-state index in [1.54, 1.807) is 18.2 Å². The molecule has 4 nitrogen and oxygen atoms in total. The summed E-state index contributed by atoms with van der Waals surface area (Å²) in [5.74, 6) is 0. The molecule has 0 aliphatic rings. The fraction of sp³-hybridized carbons (Fsp3) is 0.231. The van der Waals surface area contributed by atoms with Crippen LogP contribution in [0.5, 0.6) is 0 Å². The number of aryl methyl sites for hydroxylation is 1. The maximum absolute atomic E-state index is 12.1. The highest BCUT2D eigenvalue weighted by molar-refractivity contribution is 7.89. The molecule has 0 aliphatic heterocycles. The Balaban J connectivity index is 2.62. The summed E-state index contributed by atoms with van der Waals surface area (Å²) >= 11 is 0. The van der Waals surface area contributed by atoms with Gasteiger partial charge in [0.05, 0.1) is 11.5 Å². The van der Waals surface area contributed by atoms with E-state index in [9.17, 15) is 8.42 Å². The molecule has 0 amide bonds. The van der Waals surface area contributed by atoms with Gasteiger partial charge in [0.15, 0.2) is 0 Å². The van der Waals surface area contributed by atoms with E-state index >= 15 is 0 Å². The van der Waals surface area contributed by atoms with Gasteiger partial charge in [-0.25, -0.2) is 13.1 Å². The third kappa shape index (κ3) is 2.38. The van der Waals surface area contributed by atoms with Crippen molar-refractivity contribution in [3.05, 3.63) is 42.0 Å². The summed E-state index contributed by atoms with van der Waals surface area (Å²) in [4.78, 5) is 0.247. The number of rotatable bonds is 4. The highest BCUT2D eigenvalue weighted by Gasteiger charge is 2.16. The number of hydrogen-bond acceptors (Lipinski definition) is 3. The van der Waals surface area contributed by atoms with Crippen LogP contribution in [0.25, 0.3) is 10.8 Å². The fourth-order valence-electron chi connectivity index (χ4n) is 1.91. The van der Waals surface area contributed by atoms with E-state index in [4.69, 9.17) is 5.11 Å². The second-order valence-electron chi connectivity index (χ2n) is 4.05. The molecule has 0 unspecified atom stereocenters. The summed E-state index contributed by atoms with van der Waals surface area (Å²) in [7, 11) is -3.58. The molecular formula is C13H15NO3S. The Morgan fingerprint density at radius 1 is 1.11 bits per heavy atom. The van der Waals surface area contributed by atoms with Gasteiger partial charge in [-0.1, -0.05) is 30.3 Å². The average Bonchev–Trinajstić information content (AvgIpc) is 2.37. The minimum absolute atomic E-state index is 0.0184. The lowest BCUT2D eigenvalue weighted by atomic mass is 10.1. The summed E-state index contributed by atoms with van der Waals surface area (Å²) in [5, 5.41) is 10.3. The molecule has 2 rings (SSSR count). The van der Waals surface area contributed by atoms with Crippen LogP contribution in [0.3, 0.4) is 0 Å². The molecule has 2 aromatic rings. The number of fused-ring (bicyclic) bond motifs is 1. The zero-order chi connectivity index (χ0) is 13.2. The Morgan fingerprint density at radius 2 is 1.78 bits per heavy atom. The van der Waals surface area contributed by atoms with Crippen LogP contribution in [0.2, 0.25) is 0 Å². The quantitative estimate of drug-likeness (QED) is 0.878. The standard InChI is InChI=1S/C13H15NO3S/c1-10-6-7-13(18(16,17)14-8-9-15)12-5-3-2-4-11(10)12/h2-7,14-15H,8-9H2,1H3. The monoisotopic (exact) mass is 265 g/mol. The van der Waals surface area contributed by atoms with Gasteiger partial charge >= 0.3 is 0 Å². The molecule has 5 heteroatoms. The zero-order valence-electron chi connectivity index (χ0n) is 10.1. The highest BCUT2D eigenvalue weighted by Crippen LogP contribution is 2.25. The summed E-state index contributed by atoms with van der Waals surface area (Å²) in [6.07, 6.45) is 0. The molecule has 0 aromatic heterocycles. The molecule has 96 valence electrons. The lowest BCUT2D eigenvalue weighted by molar-refractivity contribution is 0.301. The second kappa shape index (κ2) is 5.06. The summed E-state index contributed by atoms with van der Waals surface area (Å²) in [6.45, 7) is 1.74. The Hall–Kier alpha value is -1.43. The number of nitrogens with one attached hydrogen (secondary N) is 1. The minimum atomic E-state index is -3.58. The van der Waals surface area contributed by atoms with Crippen molar-refractivity contribution in [2.24, 2.45) is 0 Å². The third-order valence-electron chi connectivity index (χ3n) is 2.80. The van der Waals surface area contributed by atoms with E-state index in [-0.39, 0.29) is 18.0 Å². The molecule has 0 heterocycles. The van der Waals surface area contributed by atoms with Gasteiger partial charge in [0, 0.05) is 11.9 Å². The predicted octanol–water partition coefficient (Wildman–Crippen LogP) is 1.42. The van der Waals surface area contributed by atoms with Gasteiger partial charge in [0.2, 0.25) is 10.0 Å². The van der Waals surface area contributed by atoms with E-state index in [1.165, 1.54) is 0 Å². The predicted molar refractivity (Wildman–Crippen MR) is 71.0 cm³/mol. The molecule has 0 fully saturated rings. The zero-order valence-corrected chi connectivity index (χ0v) is 10.9. The van der Waals surface area contributed by atoms with Crippen molar-refractivity contribution in [1.82, 2.24) is 4.72 Å². The van der Waals surface area contributed by atoms with Crippen molar-refractivity contribution in [3.63, 3.8) is 0 Å². The van der Waals surface area contributed by atoms with E-state index < -0.39 is 10.0 Å². The van der Waals surface area contributed by atoms with Gasteiger partial charge in [0.25, 0.3) is 0 Å². The fourth-order valence-corrected chi connectivity index (χ4v) is 3.14. The van der Waals surface area contributed by atoms with Gasteiger partial charge < -0.3 is 5.11 Å². The van der Waals surface area contributed by atoms with Crippen molar-refractivity contribution in [2.75, 3.05) is 13.2 Å². The number of benzene rings is 2. The van der Waals surface area contributed by atoms with Crippen molar-refractivity contribution in [1.29, 1.82) is 0 Å². The van der Waals surface area contributed by atoms with Crippen molar-refractivity contribution in [3.8, 4) is 0 Å². The molecular weight excluding hydrogens is 250 g/mol. The number of aliphatic hydroxyl groups excluding tert-OH is 1. The largest absolute Gasteiger partial charge is 0.395 e. The van der Waals surface area contributed by atoms with E-state index in [0.717, 1.165) is 10.9 Å². The number of hydrogen-bond donors (Lipinski definition) is 2. The third-order valence-corrected chi connectivity index (χ3v) is 4.31. The van der Waals surface area contributed by atoms with Crippen molar-refractivity contribution in [2.45, 2.75) is 11.8 Å². The molecule has 0 spiro atoms. The van der Waals surface area contributed by atoms with E-state index in [1.807, 2.05) is 25.1 Å². The first-order valence-corrected chi connectivity index (χ1v) is 7.13. The number of sulfonamides is 1. The summed E-state index contributed by atoms with van der Waals surface area (Å²) in [5.41, 5.74) is 1.03. The van der Waals surface area contributed by atoms with Crippen LogP contribution in [-0.4, -0.2) is 26.7 Å². The minimum Gasteiger partial charge on any atom is -0.395 e. The summed E-state index contributed by atoms with van der Waals surface area (Å²) < 4.78 is 26.5. The SMILES string of the molecule is Cc1ccc(S(=O)(=O)NCCO)c2ccccc12. The molecule has 18 heavy (non-hydrogen) atoms. The molecule has 0 aliphatic carbocycles. The van der Waals surface area contributed by atoms with Crippen LogP contribution < -0.4 is 4.72 Å². The van der Waals surface area contributed by atoms with Gasteiger partial charge in [-0.15, -0.1) is 0 Å².